The van der Waals surface area contributed by atoms with E-state index in [9.17, 15) is 19.5 Å². The van der Waals surface area contributed by atoms with Crippen LogP contribution < -0.4 is 0 Å². The number of carbonyl (C=O) groups excluding carboxylic acids is 3. The van der Waals surface area contributed by atoms with E-state index in [1.165, 1.54) is 19.1 Å². The van der Waals surface area contributed by atoms with Crippen molar-refractivity contribution < 1.29 is 33.0 Å². The number of ether oxygens (including phenoxy) is 1. The Morgan fingerprint density at radius 1 is 1.27 bits per heavy atom. The van der Waals surface area contributed by atoms with Crippen LogP contribution in [0.4, 0.5) is 8.78 Å². The Morgan fingerprint density at radius 3 is 2.48 bits per heavy atom. The lowest BCUT2D eigenvalue weighted by molar-refractivity contribution is -0.228. The summed E-state index contributed by atoms with van der Waals surface area (Å²) in [5, 5.41) is 10.5. The average Bonchev–Trinajstić information content (AvgIpc) is 2.93. The minimum Gasteiger partial charge on any atom is -0.447 e. The van der Waals surface area contributed by atoms with Crippen molar-refractivity contribution in [2.75, 3.05) is 0 Å². The van der Waals surface area contributed by atoms with Gasteiger partial charge in [0, 0.05) is 22.7 Å². The molecule has 9 atom stereocenters. The van der Waals surface area contributed by atoms with Crippen molar-refractivity contribution in [3.8, 4) is 0 Å². The lowest BCUT2D eigenvalue weighted by Crippen LogP contribution is -2.70. The summed E-state index contributed by atoms with van der Waals surface area (Å²) in [7, 11) is 0. The molecule has 1 N–H and O–H groups in total. The number of fused-ring (bicyclic) bond motifs is 5. The van der Waals surface area contributed by atoms with Gasteiger partial charge in [0.25, 0.3) is 0 Å². The number of rotatable bonds is 3. The number of carbonyl (C=O) groups is 3. The number of esters is 1. The first-order chi connectivity index (χ1) is 15.2. The molecule has 4 aliphatic carbocycles. The van der Waals surface area contributed by atoms with E-state index >= 15 is 8.78 Å². The molecule has 0 aliphatic heterocycles. The SMILES string of the molecule is C[C@@H]1C[C@H]2[C@@H]3C[C@H](F)C4=CC(=O)C=C[C@]4(C)[C@@]3(F)[C@@H](O)C[C@]2(C)[C@@]1(OC(=O)C(Cl)Cl)C(=O)S. The highest BCUT2D eigenvalue weighted by Crippen LogP contribution is 2.71. The van der Waals surface area contributed by atoms with Crippen LogP contribution in [0.1, 0.15) is 40.0 Å². The minimum absolute atomic E-state index is 0.0116. The van der Waals surface area contributed by atoms with E-state index in [0.29, 0.717) is 0 Å². The predicted octanol–water partition coefficient (Wildman–Crippen LogP) is 4.09. The van der Waals surface area contributed by atoms with Gasteiger partial charge in [0.05, 0.1) is 6.10 Å². The highest BCUT2D eigenvalue weighted by Gasteiger charge is 2.78. The van der Waals surface area contributed by atoms with Crippen LogP contribution in [0.25, 0.3) is 0 Å². The van der Waals surface area contributed by atoms with Crippen LogP contribution in [0.2, 0.25) is 0 Å². The Kier molecular flexibility index (Phi) is 5.92. The molecule has 10 heteroatoms. The number of aliphatic hydroxyl groups excluding tert-OH is 1. The third-order valence-electron chi connectivity index (χ3n) is 8.93. The van der Waals surface area contributed by atoms with Gasteiger partial charge in [-0.15, -0.1) is 12.6 Å². The molecule has 4 rings (SSSR count). The Balaban J connectivity index is 1.87. The number of halogens is 4. The molecule has 0 aromatic rings. The maximum atomic E-state index is 17.1. The summed E-state index contributed by atoms with van der Waals surface area (Å²) < 4.78 is 38.2. The summed E-state index contributed by atoms with van der Waals surface area (Å²) in [6.07, 6.45) is 0.123. The molecule has 0 radical (unpaired) electrons. The van der Waals surface area contributed by atoms with E-state index in [-0.39, 0.29) is 24.8 Å². The maximum Gasteiger partial charge on any atom is 0.340 e. The van der Waals surface area contributed by atoms with Gasteiger partial charge in [0.15, 0.2) is 17.1 Å². The summed E-state index contributed by atoms with van der Waals surface area (Å²) >= 11 is 15.4. The van der Waals surface area contributed by atoms with Gasteiger partial charge in [-0.3, -0.25) is 9.59 Å². The van der Waals surface area contributed by atoms with Gasteiger partial charge in [-0.1, -0.05) is 43.1 Å². The van der Waals surface area contributed by atoms with Crippen LogP contribution >= 0.6 is 35.8 Å². The van der Waals surface area contributed by atoms with Crippen LogP contribution in [0.15, 0.2) is 23.8 Å². The average molecular weight is 523 g/mol. The fraction of sp³-hybridized carbons (Fsp3) is 0.696. The number of hydrogen-bond acceptors (Lipinski definition) is 5. The summed E-state index contributed by atoms with van der Waals surface area (Å²) in [6, 6.07) is 0. The zero-order valence-electron chi connectivity index (χ0n) is 18.4. The van der Waals surface area contributed by atoms with Gasteiger partial charge in [0.2, 0.25) is 9.95 Å². The summed E-state index contributed by atoms with van der Waals surface area (Å²) in [5.41, 5.74) is -6.92. The molecule has 3 fully saturated rings. The largest absolute Gasteiger partial charge is 0.447 e. The van der Waals surface area contributed by atoms with Gasteiger partial charge in [-0.25, -0.2) is 13.6 Å². The molecule has 0 aromatic heterocycles. The van der Waals surface area contributed by atoms with Crippen LogP contribution in [0, 0.1) is 28.6 Å². The standard InChI is InChI=1S/C23H26Cl2F2O5S/c1-10-6-12-13-8-15(26)14-7-11(28)4-5-20(14,2)22(13,27)16(29)9-21(12,3)23(10,19(31)33)32-18(30)17(24)25/h4-5,7,10,12-13,15-17,29H,6,8-9H2,1-3H3,(H,31,33)/t10-,12+,13+,15+,16+,20+,21+,22+,23+/m1/s1. The molecule has 182 valence electrons. The van der Waals surface area contributed by atoms with Crippen molar-refractivity contribution in [2.45, 2.75) is 68.4 Å². The molecule has 0 amide bonds. The Hall–Kier alpha value is -0.960. The molecule has 4 aliphatic rings. The highest BCUT2D eigenvalue weighted by atomic mass is 35.5. The molecular weight excluding hydrogens is 497 g/mol. The molecule has 0 unspecified atom stereocenters. The molecule has 3 saturated carbocycles. The molecule has 33 heavy (non-hydrogen) atoms. The lowest BCUT2D eigenvalue weighted by atomic mass is 9.44. The second-order valence-electron chi connectivity index (χ2n) is 10.3. The number of ketones is 1. The van der Waals surface area contributed by atoms with E-state index in [2.05, 4.69) is 12.6 Å². The predicted molar refractivity (Wildman–Crippen MR) is 121 cm³/mol. The monoisotopic (exact) mass is 522 g/mol. The van der Waals surface area contributed by atoms with Crippen molar-refractivity contribution in [2.24, 2.45) is 28.6 Å². The molecule has 0 heterocycles. The normalized spacial score (nSPS) is 48.6. The van der Waals surface area contributed by atoms with E-state index in [0.717, 1.165) is 6.08 Å². The Morgan fingerprint density at radius 2 is 1.91 bits per heavy atom. The number of aliphatic hydroxyl groups is 1. The Bertz CT molecular complexity index is 988. The van der Waals surface area contributed by atoms with Crippen molar-refractivity contribution in [1.82, 2.24) is 0 Å². The van der Waals surface area contributed by atoms with Crippen LogP contribution in [-0.4, -0.2) is 50.4 Å². The highest BCUT2D eigenvalue weighted by molar-refractivity contribution is 7.96. The maximum absolute atomic E-state index is 17.1. The summed E-state index contributed by atoms with van der Waals surface area (Å²) in [5.74, 6) is -3.73. The molecular formula is C23H26Cl2F2O5S. The lowest BCUT2D eigenvalue weighted by Gasteiger charge is -2.63. The third-order valence-corrected chi connectivity index (χ3v) is 9.61. The summed E-state index contributed by atoms with van der Waals surface area (Å²) in [6.45, 7) is 4.81. The smallest absolute Gasteiger partial charge is 0.340 e. The van der Waals surface area contributed by atoms with E-state index in [4.69, 9.17) is 27.9 Å². The van der Waals surface area contributed by atoms with Gasteiger partial charge in [-0.2, -0.15) is 0 Å². The number of alkyl halides is 4. The quantitative estimate of drug-likeness (QED) is 0.331. The fourth-order valence-corrected chi connectivity index (χ4v) is 8.05. The van der Waals surface area contributed by atoms with Gasteiger partial charge < -0.3 is 9.84 Å². The van der Waals surface area contributed by atoms with Crippen molar-refractivity contribution in [3.05, 3.63) is 23.8 Å². The van der Waals surface area contributed by atoms with Crippen molar-refractivity contribution >= 4 is 52.7 Å². The van der Waals surface area contributed by atoms with E-state index < -0.39 is 73.8 Å². The zero-order valence-corrected chi connectivity index (χ0v) is 20.8. The van der Waals surface area contributed by atoms with Gasteiger partial charge in [0.1, 0.15) is 6.17 Å². The first-order valence-corrected chi connectivity index (χ1v) is 12.2. The van der Waals surface area contributed by atoms with Crippen LogP contribution in [0.5, 0.6) is 0 Å². The van der Waals surface area contributed by atoms with Crippen molar-refractivity contribution in [1.29, 1.82) is 0 Å². The molecule has 5 nitrogen and oxygen atoms in total. The second kappa shape index (κ2) is 7.77. The first-order valence-electron chi connectivity index (χ1n) is 10.9. The molecule has 0 saturated heterocycles. The van der Waals surface area contributed by atoms with E-state index in [1.807, 2.05) is 0 Å². The first kappa shape index (κ1) is 25.1. The number of allylic oxidation sites excluding steroid dienone is 4. The number of hydrogen-bond donors (Lipinski definition) is 2. The second-order valence-corrected chi connectivity index (χ2v) is 11.8. The third kappa shape index (κ3) is 3.02. The molecule has 0 bridgehead atoms. The van der Waals surface area contributed by atoms with Crippen molar-refractivity contribution in [3.63, 3.8) is 0 Å². The van der Waals surface area contributed by atoms with Gasteiger partial charge in [-0.05, 0) is 49.8 Å². The van der Waals surface area contributed by atoms with Gasteiger partial charge >= 0.3 is 5.97 Å². The van der Waals surface area contributed by atoms with Crippen LogP contribution in [-0.2, 0) is 19.1 Å². The van der Waals surface area contributed by atoms with E-state index in [1.54, 1.807) is 13.8 Å². The zero-order chi connectivity index (χ0) is 24.7. The van der Waals surface area contributed by atoms with Crippen LogP contribution in [0.3, 0.4) is 0 Å². The summed E-state index contributed by atoms with van der Waals surface area (Å²) in [4.78, 5) is 35.7. The topological polar surface area (TPSA) is 80.7 Å². The molecule has 0 spiro atoms. The number of thiol groups is 1. The molecule has 0 aromatic carbocycles. The Labute approximate surface area is 206 Å². The minimum atomic E-state index is -2.30. The fourth-order valence-electron chi connectivity index (χ4n) is 7.44.